The van der Waals surface area contributed by atoms with Gasteiger partial charge in [0.2, 0.25) is 0 Å². The molecule has 1 aromatic rings. The summed E-state index contributed by atoms with van der Waals surface area (Å²) in [6.07, 6.45) is -0.499. The van der Waals surface area contributed by atoms with E-state index in [-0.39, 0.29) is 6.04 Å². The third-order valence-electron chi connectivity index (χ3n) is 2.56. The van der Waals surface area contributed by atoms with Crippen LogP contribution in [0.15, 0.2) is 24.3 Å². The van der Waals surface area contributed by atoms with Gasteiger partial charge >= 0.3 is 0 Å². The van der Waals surface area contributed by atoms with E-state index in [9.17, 15) is 5.11 Å². The van der Waals surface area contributed by atoms with E-state index >= 15 is 0 Å². The second-order valence-electron chi connectivity index (χ2n) is 3.97. The van der Waals surface area contributed by atoms with Crippen molar-refractivity contribution >= 4 is 0 Å². The van der Waals surface area contributed by atoms with Gasteiger partial charge in [0, 0.05) is 19.7 Å². The summed E-state index contributed by atoms with van der Waals surface area (Å²) in [5, 5.41) is 21.4. The van der Waals surface area contributed by atoms with Crippen LogP contribution in [-0.4, -0.2) is 31.5 Å². The molecular formula is C13H18N2O2. The van der Waals surface area contributed by atoms with Crippen molar-refractivity contribution in [3.63, 3.8) is 0 Å². The summed E-state index contributed by atoms with van der Waals surface area (Å²) in [6.45, 7) is 2.82. The molecule has 4 heteroatoms. The largest absolute Gasteiger partial charge is 0.389 e. The van der Waals surface area contributed by atoms with E-state index in [0.29, 0.717) is 18.7 Å². The number of nitrogens with one attached hydrogen (secondary N) is 1. The summed E-state index contributed by atoms with van der Waals surface area (Å²) in [5.41, 5.74) is 1.74. The molecule has 92 valence electrons. The lowest BCUT2D eigenvalue weighted by atomic mass is 10.1. The maximum Gasteiger partial charge on any atom is 0.0991 e. The number of aliphatic hydroxyl groups is 1. The Morgan fingerprint density at radius 3 is 2.59 bits per heavy atom. The second kappa shape index (κ2) is 7.02. The lowest BCUT2D eigenvalue weighted by Crippen LogP contribution is -2.31. The van der Waals surface area contributed by atoms with Gasteiger partial charge in [-0.1, -0.05) is 12.1 Å². The number of hydrogen-bond donors (Lipinski definition) is 2. The molecule has 0 saturated heterocycles. The van der Waals surface area contributed by atoms with Crippen LogP contribution in [0.25, 0.3) is 0 Å². The third kappa shape index (κ3) is 4.53. The Balaban J connectivity index is 2.46. The number of methoxy groups -OCH3 is 1. The Kier molecular flexibility index (Phi) is 5.64. The fourth-order valence-corrected chi connectivity index (χ4v) is 1.53. The number of aliphatic hydroxyl groups excluding tert-OH is 1. The Morgan fingerprint density at radius 1 is 1.41 bits per heavy atom. The van der Waals surface area contributed by atoms with Gasteiger partial charge in [-0.05, 0) is 24.6 Å². The average Bonchev–Trinajstić information content (AvgIpc) is 2.36. The van der Waals surface area contributed by atoms with Crippen LogP contribution < -0.4 is 5.32 Å². The molecule has 0 radical (unpaired) electrons. The normalized spacial score (nSPS) is 14.0. The summed E-state index contributed by atoms with van der Waals surface area (Å²) < 4.78 is 4.85. The summed E-state index contributed by atoms with van der Waals surface area (Å²) in [4.78, 5) is 0. The van der Waals surface area contributed by atoms with Crippen molar-refractivity contribution in [2.75, 3.05) is 20.3 Å². The van der Waals surface area contributed by atoms with Gasteiger partial charge < -0.3 is 15.2 Å². The van der Waals surface area contributed by atoms with Gasteiger partial charge in [0.1, 0.15) is 0 Å². The van der Waals surface area contributed by atoms with Crippen molar-refractivity contribution in [3.8, 4) is 6.07 Å². The molecule has 0 amide bonds. The number of ether oxygens (including phenoxy) is 1. The fourth-order valence-electron chi connectivity index (χ4n) is 1.53. The van der Waals surface area contributed by atoms with Gasteiger partial charge in [0.25, 0.3) is 0 Å². The molecule has 0 aliphatic rings. The number of nitriles is 1. The van der Waals surface area contributed by atoms with Gasteiger partial charge in [0.05, 0.1) is 24.3 Å². The highest BCUT2D eigenvalue weighted by atomic mass is 16.5. The first-order chi connectivity index (χ1) is 8.17. The summed E-state index contributed by atoms with van der Waals surface area (Å²) in [6, 6.07) is 9.63. The van der Waals surface area contributed by atoms with Crippen LogP contribution in [0.3, 0.4) is 0 Å². The van der Waals surface area contributed by atoms with Crippen molar-refractivity contribution < 1.29 is 9.84 Å². The maximum atomic E-state index is 9.50. The highest BCUT2D eigenvalue weighted by molar-refractivity contribution is 5.32. The van der Waals surface area contributed by atoms with Crippen molar-refractivity contribution in [3.05, 3.63) is 35.4 Å². The Morgan fingerprint density at radius 2 is 2.06 bits per heavy atom. The average molecular weight is 234 g/mol. The maximum absolute atomic E-state index is 9.50. The van der Waals surface area contributed by atoms with Gasteiger partial charge in [-0.3, -0.25) is 0 Å². The molecule has 0 heterocycles. The van der Waals surface area contributed by atoms with Crippen molar-refractivity contribution in [2.45, 2.75) is 19.1 Å². The monoisotopic (exact) mass is 234 g/mol. The first-order valence-electron chi connectivity index (χ1n) is 5.57. The van der Waals surface area contributed by atoms with Crippen LogP contribution in [0.1, 0.15) is 24.1 Å². The molecule has 1 rings (SSSR count). The molecule has 0 saturated carbocycles. The van der Waals surface area contributed by atoms with Crippen molar-refractivity contribution in [1.29, 1.82) is 5.26 Å². The minimum Gasteiger partial charge on any atom is -0.389 e. The molecule has 2 N–H and O–H groups in total. The van der Waals surface area contributed by atoms with Crippen LogP contribution >= 0.6 is 0 Å². The Hall–Kier alpha value is -1.41. The number of nitrogens with zero attached hydrogens (tertiary/aromatic N) is 1. The lowest BCUT2D eigenvalue weighted by molar-refractivity contribution is 0.0630. The van der Waals surface area contributed by atoms with Gasteiger partial charge in [-0.2, -0.15) is 5.26 Å². The van der Waals surface area contributed by atoms with E-state index in [1.165, 1.54) is 0 Å². The van der Waals surface area contributed by atoms with Gasteiger partial charge in [0.15, 0.2) is 0 Å². The topological polar surface area (TPSA) is 65.3 Å². The second-order valence-corrected chi connectivity index (χ2v) is 3.97. The predicted molar refractivity (Wildman–Crippen MR) is 65.5 cm³/mol. The molecule has 0 aliphatic heterocycles. The zero-order chi connectivity index (χ0) is 12.7. The van der Waals surface area contributed by atoms with Crippen LogP contribution in [0, 0.1) is 11.3 Å². The molecule has 0 aliphatic carbocycles. The first-order valence-corrected chi connectivity index (χ1v) is 5.57. The zero-order valence-corrected chi connectivity index (χ0v) is 10.2. The molecule has 2 atom stereocenters. The van der Waals surface area contributed by atoms with Gasteiger partial charge in [-0.25, -0.2) is 0 Å². The highest BCUT2D eigenvalue weighted by Crippen LogP contribution is 2.12. The Bertz CT molecular complexity index is 370. The predicted octanol–water partition coefficient (Wildman–Crippen LogP) is 1.22. The Labute approximate surface area is 102 Å². The standard InChI is InChI=1S/C13H18N2O2/c1-10(15-8-13(16)9-17-2)12-5-3-11(7-14)4-6-12/h3-6,10,13,15-16H,8-9H2,1-2H3. The smallest absolute Gasteiger partial charge is 0.0991 e. The molecular weight excluding hydrogens is 216 g/mol. The van der Waals surface area contributed by atoms with Crippen LogP contribution in [0.5, 0.6) is 0 Å². The van der Waals surface area contributed by atoms with E-state index < -0.39 is 6.10 Å². The summed E-state index contributed by atoms with van der Waals surface area (Å²) in [7, 11) is 1.56. The minimum atomic E-state index is -0.499. The minimum absolute atomic E-state index is 0.134. The van der Waals surface area contributed by atoms with Gasteiger partial charge in [-0.15, -0.1) is 0 Å². The van der Waals surface area contributed by atoms with Crippen molar-refractivity contribution in [2.24, 2.45) is 0 Å². The van der Waals surface area contributed by atoms with E-state index in [1.54, 1.807) is 19.2 Å². The molecule has 0 fully saturated rings. The number of hydrogen-bond acceptors (Lipinski definition) is 4. The number of benzene rings is 1. The first kappa shape index (κ1) is 13.7. The summed E-state index contributed by atoms with van der Waals surface area (Å²) >= 11 is 0. The fraction of sp³-hybridized carbons (Fsp3) is 0.462. The molecule has 17 heavy (non-hydrogen) atoms. The van der Waals surface area contributed by atoms with E-state index in [0.717, 1.165) is 5.56 Å². The molecule has 0 spiro atoms. The quantitative estimate of drug-likeness (QED) is 0.776. The number of rotatable bonds is 6. The SMILES string of the molecule is COCC(O)CNC(C)c1ccc(C#N)cc1. The lowest BCUT2D eigenvalue weighted by Gasteiger charge is -2.17. The van der Waals surface area contributed by atoms with E-state index in [1.807, 2.05) is 19.1 Å². The van der Waals surface area contributed by atoms with E-state index in [4.69, 9.17) is 10.00 Å². The molecule has 0 aromatic heterocycles. The van der Waals surface area contributed by atoms with E-state index in [2.05, 4.69) is 11.4 Å². The zero-order valence-electron chi connectivity index (χ0n) is 10.2. The van der Waals surface area contributed by atoms with Crippen molar-refractivity contribution in [1.82, 2.24) is 5.32 Å². The van der Waals surface area contributed by atoms with Crippen LogP contribution in [0.2, 0.25) is 0 Å². The highest BCUT2D eigenvalue weighted by Gasteiger charge is 2.08. The van der Waals surface area contributed by atoms with Crippen LogP contribution in [0.4, 0.5) is 0 Å². The molecule has 4 nitrogen and oxygen atoms in total. The third-order valence-corrected chi connectivity index (χ3v) is 2.56. The van der Waals surface area contributed by atoms with Crippen LogP contribution in [-0.2, 0) is 4.74 Å². The summed E-state index contributed by atoms with van der Waals surface area (Å²) in [5.74, 6) is 0. The molecule has 1 aromatic carbocycles. The molecule has 0 bridgehead atoms. The molecule has 2 unspecified atom stereocenters.